The first-order valence-electron chi connectivity index (χ1n) is 10.2. The van der Waals surface area contributed by atoms with Crippen LogP contribution in [0.1, 0.15) is 23.1 Å². The molecule has 0 spiro atoms. The van der Waals surface area contributed by atoms with Crippen molar-refractivity contribution in [1.29, 1.82) is 0 Å². The van der Waals surface area contributed by atoms with E-state index in [4.69, 9.17) is 4.74 Å². The lowest BCUT2D eigenvalue weighted by molar-refractivity contribution is -0.146. The van der Waals surface area contributed by atoms with E-state index in [0.717, 1.165) is 16.7 Å². The highest BCUT2D eigenvalue weighted by Crippen LogP contribution is 2.19. The van der Waals surface area contributed by atoms with E-state index in [1.54, 1.807) is 18.2 Å². The molecule has 1 amide bonds. The lowest BCUT2D eigenvalue weighted by atomic mass is 10.0. The minimum absolute atomic E-state index is 0.156. The van der Waals surface area contributed by atoms with Crippen molar-refractivity contribution >= 4 is 27.4 Å². The predicted molar refractivity (Wildman–Crippen MR) is 123 cm³/mol. The largest absolute Gasteiger partial charge is 0.456 e. The zero-order valence-electron chi connectivity index (χ0n) is 17.8. The lowest BCUT2D eigenvalue weighted by Crippen LogP contribution is -2.22. The molecule has 0 aliphatic rings. The van der Waals surface area contributed by atoms with Gasteiger partial charge in [0.05, 0.1) is 17.1 Å². The van der Waals surface area contributed by atoms with Gasteiger partial charge in [-0.15, -0.1) is 0 Å². The first-order valence-corrected chi connectivity index (χ1v) is 11.9. The second-order valence-corrected chi connectivity index (χ2v) is 9.52. The Morgan fingerprint density at radius 3 is 2.25 bits per heavy atom. The van der Waals surface area contributed by atoms with Gasteiger partial charge in [-0.3, -0.25) is 9.59 Å². The van der Waals surface area contributed by atoms with Crippen molar-refractivity contribution in [3.05, 3.63) is 95.6 Å². The molecule has 0 saturated carbocycles. The number of para-hydroxylation sites is 1. The fraction of sp³-hybridized carbons (Fsp3) is 0.200. The van der Waals surface area contributed by atoms with Crippen molar-refractivity contribution in [2.24, 2.45) is 0 Å². The number of hydrogen-bond donors (Lipinski definition) is 1. The molecule has 0 saturated heterocycles. The number of carbonyl (C=O) groups excluding carboxylic acids is 2. The van der Waals surface area contributed by atoms with E-state index in [-0.39, 0.29) is 17.1 Å². The quantitative estimate of drug-likeness (QED) is 0.498. The van der Waals surface area contributed by atoms with Crippen LogP contribution in [0.25, 0.3) is 0 Å². The maximum atomic E-state index is 12.3. The third-order valence-electron chi connectivity index (χ3n) is 4.85. The molecule has 0 aliphatic carbocycles. The second kappa shape index (κ2) is 10.7. The zero-order chi connectivity index (χ0) is 23.0. The maximum Gasteiger partial charge on any atom is 0.307 e. The van der Waals surface area contributed by atoms with Crippen molar-refractivity contribution < 1.29 is 22.7 Å². The van der Waals surface area contributed by atoms with Gasteiger partial charge in [0.2, 0.25) is 0 Å². The molecule has 0 bridgehead atoms. The minimum Gasteiger partial charge on any atom is -0.456 e. The van der Waals surface area contributed by atoms with E-state index in [1.165, 1.54) is 12.1 Å². The number of carbonyl (C=O) groups is 2. The fourth-order valence-corrected chi connectivity index (χ4v) is 4.32. The molecular weight excluding hydrogens is 426 g/mol. The van der Waals surface area contributed by atoms with Crippen molar-refractivity contribution in [2.75, 3.05) is 17.7 Å². The molecule has 0 atom stereocenters. The molecular formula is C25H25NO5S. The number of aryl methyl sites for hydroxylation is 1. The van der Waals surface area contributed by atoms with Crippen LogP contribution < -0.4 is 5.32 Å². The van der Waals surface area contributed by atoms with E-state index >= 15 is 0 Å². The molecule has 0 heterocycles. The van der Waals surface area contributed by atoms with Gasteiger partial charge in [-0.1, -0.05) is 66.2 Å². The van der Waals surface area contributed by atoms with Gasteiger partial charge in [0.1, 0.15) is 0 Å². The average Bonchev–Trinajstić information content (AvgIpc) is 2.79. The lowest BCUT2D eigenvalue weighted by Gasteiger charge is -2.11. The van der Waals surface area contributed by atoms with Gasteiger partial charge in [0.15, 0.2) is 16.4 Å². The molecule has 3 aromatic carbocycles. The molecule has 7 heteroatoms. The average molecular weight is 452 g/mol. The summed E-state index contributed by atoms with van der Waals surface area (Å²) in [7, 11) is -3.60. The molecule has 1 N–H and O–H groups in total. The number of benzene rings is 3. The zero-order valence-corrected chi connectivity index (χ0v) is 18.6. The SMILES string of the molecule is Cc1ccc(S(=O)(=O)CCC(=O)OCC(=O)Nc2ccccc2Cc2ccccc2)cc1. The van der Waals surface area contributed by atoms with Gasteiger partial charge < -0.3 is 10.1 Å². The molecule has 0 fully saturated rings. The molecule has 3 aromatic rings. The van der Waals surface area contributed by atoms with Gasteiger partial charge in [0.25, 0.3) is 5.91 Å². The summed E-state index contributed by atoms with van der Waals surface area (Å²) in [4.78, 5) is 24.4. The highest BCUT2D eigenvalue weighted by Gasteiger charge is 2.18. The van der Waals surface area contributed by atoms with Crippen molar-refractivity contribution in [2.45, 2.75) is 24.7 Å². The van der Waals surface area contributed by atoms with E-state index in [0.29, 0.717) is 12.1 Å². The molecule has 6 nitrogen and oxygen atoms in total. The molecule has 166 valence electrons. The maximum absolute atomic E-state index is 12.3. The number of esters is 1. The van der Waals surface area contributed by atoms with Crippen LogP contribution in [-0.4, -0.2) is 32.7 Å². The number of ether oxygens (including phenoxy) is 1. The normalized spacial score (nSPS) is 11.0. The van der Waals surface area contributed by atoms with E-state index in [9.17, 15) is 18.0 Å². The van der Waals surface area contributed by atoms with Crippen LogP contribution in [0.4, 0.5) is 5.69 Å². The number of amides is 1. The van der Waals surface area contributed by atoms with Crippen molar-refractivity contribution in [3.8, 4) is 0 Å². The molecule has 32 heavy (non-hydrogen) atoms. The van der Waals surface area contributed by atoms with Crippen LogP contribution in [0, 0.1) is 6.92 Å². The van der Waals surface area contributed by atoms with Gasteiger partial charge >= 0.3 is 5.97 Å². The highest BCUT2D eigenvalue weighted by atomic mass is 32.2. The molecule has 0 unspecified atom stereocenters. The van der Waals surface area contributed by atoms with E-state index in [2.05, 4.69) is 5.32 Å². The Morgan fingerprint density at radius 1 is 0.875 bits per heavy atom. The molecule has 0 aliphatic heterocycles. The molecule has 0 radical (unpaired) electrons. The highest BCUT2D eigenvalue weighted by molar-refractivity contribution is 7.91. The van der Waals surface area contributed by atoms with Crippen molar-refractivity contribution in [3.63, 3.8) is 0 Å². The summed E-state index contributed by atoms with van der Waals surface area (Å²) in [5.74, 6) is -1.61. The minimum atomic E-state index is -3.60. The summed E-state index contributed by atoms with van der Waals surface area (Å²) in [5.41, 5.74) is 3.62. The summed E-state index contributed by atoms with van der Waals surface area (Å²) < 4.78 is 29.6. The van der Waals surface area contributed by atoms with E-state index < -0.39 is 28.3 Å². The number of hydrogen-bond acceptors (Lipinski definition) is 5. The second-order valence-electron chi connectivity index (χ2n) is 7.41. The van der Waals surface area contributed by atoms with Crippen LogP contribution in [0.3, 0.4) is 0 Å². The number of anilines is 1. The Morgan fingerprint density at radius 2 is 1.53 bits per heavy atom. The number of sulfone groups is 1. The summed E-state index contributed by atoms with van der Waals surface area (Å²) in [5, 5.41) is 2.76. The Bertz CT molecular complexity index is 1170. The molecule has 0 aromatic heterocycles. The van der Waals surface area contributed by atoms with Gasteiger partial charge in [-0.25, -0.2) is 8.42 Å². The summed E-state index contributed by atoms with van der Waals surface area (Å²) in [6, 6.07) is 23.7. The Hall–Kier alpha value is -3.45. The van der Waals surface area contributed by atoms with Crippen LogP contribution in [-0.2, 0) is 30.6 Å². The number of nitrogens with one attached hydrogen (secondary N) is 1. The van der Waals surface area contributed by atoms with Crippen LogP contribution >= 0.6 is 0 Å². The third kappa shape index (κ3) is 6.78. The number of rotatable bonds is 9. The Kier molecular flexibility index (Phi) is 7.78. The smallest absolute Gasteiger partial charge is 0.307 e. The van der Waals surface area contributed by atoms with E-state index in [1.807, 2.05) is 55.5 Å². The van der Waals surface area contributed by atoms with Gasteiger partial charge in [-0.2, -0.15) is 0 Å². The summed E-state index contributed by atoms with van der Waals surface area (Å²) in [6.45, 7) is 1.38. The Balaban J connectivity index is 1.50. The summed E-state index contributed by atoms with van der Waals surface area (Å²) in [6.07, 6.45) is 0.321. The Labute approximate surface area is 188 Å². The van der Waals surface area contributed by atoms with Crippen LogP contribution in [0.2, 0.25) is 0 Å². The van der Waals surface area contributed by atoms with Crippen LogP contribution in [0.5, 0.6) is 0 Å². The van der Waals surface area contributed by atoms with Gasteiger partial charge in [0, 0.05) is 5.69 Å². The topological polar surface area (TPSA) is 89.5 Å². The van der Waals surface area contributed by atoms with Crippen LogP contribution in [0.15, 0.2) is 83.8 Å². The molecule has 3 rings (SSSR count). The first kappa shape index (κ1) is 23.2. The fourth-order valence-electron chi connectivity index (χ4n) is 3.10. The van der Waals surface area contributed by atoms with Gasteiger partial charge in [-0.05, 0) is 42.7 Å². The first-order chi connectivity index (χ1) is 15.3. The predicted octanol–water partition coefficient (Wildman–Crippen LogP) is 3.93. The van der Waals surface area contributed by atoms with Crippen molar-refractivity contribution in [1.82, 2.24) is 0 Å². The summed E-state index contributed by atoms with van der Waals surface area (Å²) >= 11 is 0. The third-order valence-corrected chi connectivity index (χ3v) is 6.58. The standard InChI is InChI=1S/C25H25NO5S/c1-19-11-13-22(14-12-19)32(29,30)16-15-25(28)31-18-24(27)26-23-10-6-5-9-21(23)17-20-7-3-2-4-8-20/h2-14H,15-18H2,1H3,(H,26,27). The monoisotopic (exact) mass is 451 g/mol.